The van der Waals surface area contributed by atoms with Crippen LogP contribution in [-0.4, -0.2) is 28.2 Å². The summed E-state index contributed by atoms with van der Waals surface area (Å²) in [5.41, 5.74) is 0. The van der Waals surface area contributed by atoms with E-state index in [-0.39, 0.29) is 0 Å². The van der Waals surface area contributed by atoms with E-state index in [2.05, 4.69) is 0 Å². The van der Waals surface area contributed by atoms with Gasteiger partial charge in [0, 0.05) is 0 Å². The van der Waals surface area contributed by atoms with Crippen LogP contribution in [0.5, 0.6) is 0 Å². The highest BCUT2D eigenvalue weighted by Gasteiger charge is 1.85. The zero-order valence-electron chi connectivity index (χ0n) is 2.63. The smallest absolute Gasteiger partial charge is 0.175 e. The molecule has 3 heteroatoms. The van der Waals surface area contributed by atoms with Crippen LogP contribution in [0.2, 0.25) is 0 Å². The molecular formula is C2H6O3. The monoisotopic (exact) mass is 78.0 g/mol. The number of aliphatic hydroxyl groups is 3. The van der Waals surface area contributed by atoms with E-state index in [0.29, 0.717) is 0 Å². The molecule has 0 aliphatic rings. The summed E-state index contributed by atoms with van der Waals surface area (Å²) >= 11 is 0. The van der Waals surface area contributed by atoms with Crippen molar-refractivity contribution in [3.63, 3.8) is 0 Å². The number of hydrogen-bond donors (Lipinski definition) is 3. The molecule has 0 unspecified atom stereocenters. The van der Waals surface area contributed by atoms with Crippen molar-refractivity contribution < 1.29 is 15.3 Å². The van der Waals surface area contributed by atoms with Gasteiger partial charge in [0.05, 0.1) is 6.61 Å². The molecule has 0 fully saturated rings. The fourth-order valence-electron chi connectivity index (χ4n) is 0. The summed E-state index contributed by atoms with van der Waals surface area (Å²) in [6.07, 6.45) is -1.56. The third kappa shape index (κ3) is 3.88. The van der Waals surface area contributed by atoms with E-state index in [1.807, 2.05) is 0 Å². The molecule has 0 rings (SSSR count). The van der Waals surface area contributed by atoms with E-state index >= 15 is 0 Å². The Hall–Kier alpha value is -0.120. The summed E-state index contributed by atoms with van der Waals surface area (Å²) < 4.78 is 0. The zero-order chi connectivity index (χ0) is 4.28. The molecule has 0 aliphatic heterocycles. The summed E-state index contributed by atoms with van der Waals surface area (Å²) in [4.78, 5) is 0. The Labute approximate surface area is 29.5 Å². The molecule has 0 saturated carbocycles. The van der Waals surface area contributed by atoms with E-state index in [0.717, 1.165) is 0 Å². The van der Waals surface area contributed by atoms with Crippen molar-refractivity contribution in [1.82, 2.24) is 0 Å². The van der Waals surface area contributed by atoms with Gasteiger partial charge in [0.1, 0.15) is 0 Å². The Bertz CT molecular complexity index is 18.9. The average Bonchev–Trinajstić information content (AvgIpc) is 1.38. The molecule has 0 aromatic rings. The lowest BCUT2D eigenvalue weighted by molar-refractivity contribution is -0.0747. The van der Waals surface area contributed by atoms with Crippen molar-refractivity contribution in [2.75, 3.05) is 6.61 Å². The molecule has 0 atom stereocenters. The zero-order valence-corrected chi connectivity index (χ0v) is 2.63. The van der Waals surface area contributed by atoms with Crippen molar-refractivity contribution in [2.45, 2.75) is 6.29 Å². The van der Waals surface area contributed by atoms with E-state index in [9.17, 15) is 0 Å². The Balaban J connectivity index is 2.54. The third-order valence-electron chi connectivity index (χ3n) is 0.163. The van der Waals surface area contributed by atoms with Crippen LogP contribution in [-0.2, 0) is 0 Å². The molecule has 32 valence electrons. The van der Waals surface area contributed by atoms with Crippen molar-refractivity contribution in [2.24, 2.45) is 0 Å². The van der Waals surface area contributed by atoms with E-state index in [1.54, 1.807) is 0 Å². The van der Waals surface area contributed by atoms with Gasteiger partial charge in [-0.15, -0.1) is 0 Å². The number of hydrogen-bond acceptors (Lipinski definition) is 3. The molecule has 0 aromatic carbocycles. The van der Waals surface area contributed by atoms with Gasteiger partial charge in [0.25, 0.3) is 0 Å². The van der Waals surface area contributed by atoms with Crippen LogP contribution >= 0.6 is 0 Å². The van der Waals surface area contributed by atoms with Gasteiger partial charge in [-0.3, -0.25) is 0 Å². The van der Waals surface area contributed by atoms with Crippen LogP contribution in [0.3, 0.4) is 0 Å². The van der Waals surface area contributed by atoms with Crippen LogP contribution in [0.25, 0.3) is 0 Å². The SMILES string of the molecule is OCC(O)O. The van der Waals surface area contributed by atoms with Gasteiger partial charge in [0.2, 0.25) is 0 Å². The fraction of sp³-hybridized carbons (Fsp3) is 1.00. The molecule has 0 radical (unpaired) electrons. The molecular weight excluding hydrogens is 72.0 g/mol. The average molecular weight is 78.1 g/mol. The molecule has 5 heavy (non-hydrogen) atoms. The first-order valence-corrected chi connectivity index (χ1v) is 1.24. The molecule has 0 heterocycles. The summed E-state index contributed by atoms with van der Waals surface area (Å²) in [5.74, 6) is 0. The van der Waals surface area contributed by atoms with Crippen LogP contribution in [0.1, 0.15) is 0 Å². The normalized spacial score (nSPS) is 9.60. The maximum Gasteiger partial charge on any atom is 0.175 e. The Morgan fingerprint density at radius 1 is 1.40 bits per heavy atom. The summed E-state index contributed by atoms with van der Waals surface area (Å²) in [7, 11) is 0. The summed E-state index contributed by atoms with van der Waals surface area (Å²) in [6, 6.07) is 0. The Kier molecular flexibility index (Phi) is 2.09. The van der Waals surface area contributed by atoms with E-state index in [1.165, 1.54) is 0 Å². The molecule has 0 aliphatic carbocycles. The molecule has 0 spiro atoms. The first-order chi connectivity index (χ1) is 2.27. The highest BCUT2D eigenvalue weighted by Crippen LogP contribution is 1.62. The van der Waals surface area contributed by atoms with E-state index in [4.69, 9.17) is 15.3 Å². The first-order valence-electron chi connectivity index (χ1n) is 1.24. The van der Waals surface area contributed by atoms with Gasteiger partial charge in [-0.1, -0.05) is 0 Å². The third-order valence-corrected chi connectivity index (χ3v) is 0.163. The van der Waals surface area contributed by atoms with Crippen molar-refractivity contribution >= 4 is 0 Å². The van der Waals surface area contributed by atoms with Crippen molar-refractivity contribution in [3.8, 4) is 0 Å². The van der Waals surface area contributed by atoms with Gasteiger partial charge < -0.3 is 15.3 Å². The maximum atomic E-state index is 7.67. The number of rotatable bonds is 1. The van der Waals surface area contributed by atoms with Gasteiger partial charge in [0.15, 0.2) is 6.29 Å². The van der Waals surface area contributed by atoms with Crippen molar-refractivity contribution in [1.29, 1.82) is 0 Å². The summed E-state index contributed by atoms with van der Waals surface area (Å²) in [5, 5.41) is 23.0. The quantitative estimate of drug-likeness (QED) is 0.327. The van der Waals surface area contributed by atoms with Crippen LogP contribution in [0.4, 0.5) is 0 Å². The molecule has 0 aromatic heterocycles. The molecule has 3 nitrogen and oxygen atoms in total. The predicted octanol–water partition coefficient (Wildman–Crippen LogP) is -1.71. The minimum absolute atomic E-state index is 0.583. The summed E-state index contributed by atoms with van der Waals surface area (Å²) in [6.45, 7) is -0.583. The lowest BCUT2D eigenvalue weighted by atomic mass is 10.7. The molecule has 0 bridgehead atoms. The van der Waals surface area contributed by atoms with Crippen LogP contribution < -0.4 is 0 Å². The predicted molar refractivity (Wildman–Crippen MR) is 15.3 cm³/mol. The highest BCUT2D eigenvalue weighted by atomic mass is 16.5. The Morgan fingerprint density at radius 2 is 1.60 bits per heavy atom. The molecule has 3 N–H and O–H groups in total. The molecule has 0 amide bonds. The lowest BCUT2D eigenvalue weighted by Crippen LogP contribution is -2.08. The minimum atomic E-state index is -1.56. The Morgan fingerprint density at radius 3 is 1.60 bits per heavy atom. The number of aliphatic hydroxyl groups excluding tert-OH is 2. The first kappa shape index (κ1) is 4.88. The van der Waals surface area contributed by atoms with Crippen LogP contribution in [0, 0.1) is 0 Å². The second-order valence-electron chi connectivity index (χ2n) is 0.663. The van der Waals surface area contributed by atoms with Gasteiger partial charge in [-0.05, 0) is 0 Å². The van der Waals surface area contributed by atoms with Gasteiger partial charge in [-0.25, -0.2) is 0 Å². The van der Waals surface area contributed by atoms with Crippen LogP contribution in [0.15, 0.2) is 0 Å². The topological polar surface area (TPSA) is 60.7 Å². The van der Waals surface area contributed by atoms with E-state index < -0.39 is 12.9 Å². The second kappa shape index (κ2) is 2.14. The fourth-order valence-corrected chi connectivity index (χ4v) is 0. The van der Waals surface area contributed by atoms with Crippen molar-refractivity contribution in [3.05, 3.63) is 0 Å². The second-order valence-corrected chi connectivity index (χ2v) is 0.663. The highest BCUT2D eigenvalue weighted by molar-refractivity contribution is 4.20. The van der Waals surface area contributed by atoms with Gasteiger partial charge in [-0.2, -0.15) is 0 Å². The standard InChI is InChI=1S/C2H6O3/c3-1-2(4)5/h2-5H,1H2. The maximum absolute atomic E-state index is 7.67. The molecule has 0 saturated heterocycles. The lowest BCUT2D eigenvalue weighted by Gasteiger charge is -1.89. The largest absolute Gasteiger partial charge is 0.391 e. The minimum Gasteiger partial charge on any atom is -0.391 e. The van der Waals surface area contributed by atoms with Gasteiger partial charge >= 0.3 is 0 Å².